The summed E-state index contributed by atoms with van der Waals surface area (Å²) in [5.74, 6) is 5.16. The zero-order chi connectivity index (χ0) is 17.0. The Morgan fingerprint density at radius 1 is 1.57 bits per heavy atom. The van der Waals surface area contributed by atoms with E-state index in [1.807, 2.05) is 0 Å². The molecule has 1 saturated heterocycles. The fourth-order valence-corrected chi connectivity index (χ4v) is 2.35. The summed E-state index contributed by atoms with van der Waals surface area (Å²) >= 11 is 0. The summed E-state index contributed by atoms with van der Waals surface area (Å²) in [5.41, 5.74) is -1.25. The minimum absolute atomic E-state index is 0.0834. The molecule has 0 saturated carbocycles. The van der Waals surface area contributed by atoms with E-state index in [9.17, 15) is 19.8 Å². The highest BCUT2D eigenvalue weighted by atomic mass is 16.6. The number of aliphatic hydroxyl groups excluding tert-OH is 2. The molecular formula is C15H18N2O6. The maximum Gasteiger partial charge on any atom is 0.330 e. The van der Waals surface area contributed by atoms with Gasteiger partial charge in [0.05, 0.1) is 13.2 Å². The van der Waals surface area contributed by atoms with E-state index in [-0.39, 0.29) is 12.2 Å². The van der Waals surface area contributed by atoms with Crippen molar-refractivity contribution in [2.75, 3.05) is 13.2 Å². The number of H-pyrrole nitrogens is 1. The lowest BCUT2D eigenvalue weighted by Crippen LogP contribution is -2.40. The molecule has 1 fully saturated rings. The van der Waals surface area contributed by atoms with Gasteiger partial charge in [-0.2, -0.15) is 0 Å². The van der Waals surface area contributed by atoms with Crippen LogP contribution in [-0.4, -0.2) is 51.3 Å². The van der Waals surface area contributed by atoms with Gasteiger partial charge in [0.25, 0.3) is 5.56 Å². The summed E-state index contributed by atoms with van der Waals surface area (Å²) in [6.07, 6.45) is -1.22. The Morgan fingerprint density at radius 3 is 2.91 bits per heavy atom. The van der Waals surface area contributed by atoms with Gasteiger partial charge in [-0.25, -0.2) is 4.79 Å². The highest BCUT2D eigenvalue weighted by molar-refractivity contribution is 5.29. The molecule has 0 bridgehead atoms. The van der Waals surface area contributed by atoms with Gasteiger partial charge in [0.2, 0.25) is 0 Å². The van der Waals surface area contributed by atoms with Crippen LogP contribution in [0.5, 0.6) is 0 Å². The molecule has 2 unspecified atom stereocenters. The minimum Gasteiger partial charge on any atom is -0.394 e. The summed E-state index contributed by atoms with van der Waals surface area (Å²) in [6, 6.07) is 0. The molecule has 1 aliphatic heterocycles. The van der Waals surface area contributed by atoms with Crippen molar-refractivity contribution in [1.29, 1.82) is 0 Å². The third-order valence-electron chi connectivity index (χ3n) is 3.40. The quantitative estimate of drug-likeness (QED) is 0.460. The van der Waals surface area contributed by atoms with Crippen molar-refractivity contribution in [3.05, 3.63) is 45.3 Å². The van der Waals surface area contributed by atoms with Gasteiger partial charge in [0.15, 0.2) is 6.23 Å². The van der Waals surface area contributed by atoms with E-state index in [1.54, 1.807) is 6.92 Å². The molecule has 0 aliphatic carbocycles. The molecule has 0 spiro atoms. The van der Waals surface area contributed by atoms with Crippen molar-refractivity contribution in [3.8, 4) is 11.8 Å². The van der Waals surface area contributed by atoms with Crippen molar-refractivity contribution in [1.82, 2.24) is 9.55 Å². The molecule has 0 amide bonds. The number of aromatic amines is 1. The van der Waals surface area contributed by atoms with Gasteiger partial charge in [0.1, 0.15) is 23.9 Å². The first-order chi connectivity index (χ1) is 11.0. The monoisotopic (exact) mass is 322 g/mol. The van der Waals surface area contributed by atoms with Gasteiger partial charge in [-0.05, 0) is 6.92 Å². The number of aliphatic hydroxyl groups is 2. The molecule has 2 rings (SSSR count). The summed E-state index contributed by atoms with van der Waals surface area (Å²) < 4.78 is 12.1. The van der Waals surface area contributed by atoms with E-state index in [0.717, 1.165) is 4.57 Å². The highest BCUT2D eigenvalue weighted by Crippen LogP contribution is 2.30. The number of aromatic nitrogens is 2. The summed E-state index contributed by atoms with van der Waals surface area (Å²) in [7, 11) is 0. The SMILES string of the molecule is C=CCOC1C(O)[C@H](CO)O[C@@H]1n1cc(C#CC)c(=O)[nH]c1=O. The molecule has 124 valence electrons. The third kappa shape index (κ3) is 3.43. The lowest BCUT2D eigenvalue weighted by Gasteiger charge is -2.21. The van der Waals surface area contributed by atoms with Crippen molar-refractivity contribution < 1.29 is 19.7 Å². The first kappa shape index (κ1) is 17.2. The maximum absolute atomic E-state index is 12.1. The molecule has 3 N–H and O–H groups in total. The topological polar surface area (TPSA) is 114 Å². The molecule has 8 nitrogen and oxygen atoms in total. The molecule has 4 atom stereocenters. The zero-order valence-corrected chi connectivity index (χ0v) is 12.6. The molecule has 0 radical (unpaired) electrons. The first-order valence-corrected chi connectivity index (χ1v) is 6.98. The van der Waals surface area contributed by atoms with E-state index in [2.05, 4.69) is 23.4 Å². The van der Waals surface area contributed by atoms with E-state index in [0.29, 0.717) is 0 Å². The molecule has 8 heteroatoms. The summed E-state index contributed by atoms with van der Waals surface area (Å²) in [6.45, 7) is 4.76. The number of ether oxygens (including phenoxy) is 2. The molecule has 23 heavy (non-hydrogen) atoms. The van der Waals surface area contributed by atoms with Crippen molar-refractivity contribution in [2.45, 2.75) is 31.5 Å². The van der Waals surface area contributed by atoms with Gasteiger partial charge in [0, 0.05) is 6.20 Å². The number of nitrogens with zero attached hydrogens (tertiary/aromatic N) is 1. The zero-order valence-electron chi connectivity index (χ0n) is 12.6. The van der Waals surface area contributed by atoms with Gasteiger partial charge in [-0.3, -0.25) is 14.3 Å². The van der Waals surface area contributed by atoms with E-state index in [1.165, 1.54) is 12.3 Å². The van der Waals surface area contributed by atoms with Crippen LogP contribution >= 0.6 is 0 Å². The smallest absolute Gasteiger partial charge is 0.330 e. The van der Waals surface area contributed by atoms with Crippen LogP contribution in [0.25, 0.3) is 0 Å². The molecule has 0 aromatic carbocycles. The third-order valence-corrected chi connectivity index (χ3v) is 3.40. The second kappa shape index (κ2) is 7.39. The predicted molar refractivity (Wildman–Crippen MR) is 80.8 cm³/mol. The summed E-state index contributed by atoms with van der Waals surface area (Å²) in [4.78, 5) is 25.9. The van der Waals surface area contributed by atoms with E-state index >= 15 is 0 Å². The van der Waals surface area contributed by atoms with Crippen LogP contribution in [-0.2, 0) is 9.47 Å². The largest absolute Gasteiger partial charge is 0.394 e. The fourth-order valence-electron chi connectivity index (χ4n) is 2.35. The second-order valence-electron chi connectivity index (χ2n) is 4.91. The van der Waals surface area contributed by atoms with Crippen molar-refractivity contribution in [2.24, 2.45) is 0 Å². The van der Waals surface area contributed by atoms with Crippen molar-refractivity contribution >= 4 is 0 Å². The average Bonchev–Trinajstić information content (AvgIpc) is 2.84. The molecular weight excluding hydrogens is 304 g/mol. The average molecular weight is 322 g/mol. The number of hydrogen-bond donors (Lipinski definition) is 3. The first-order valence-electron chi connectivity index (χ1n) is 6.98. The Balaban J connectivity index is 2.46. The van der Waals surface area contributed by atoms with Crippen LogP contribution in [0, 0.1) is 11.8 Å². The fraction of sp³-hybridized carbons (Fsp3) is 0.467. The maximum atomic E-state index is 12.1. The van der Waals surface area contributed by atoms with Crippen LogP contribution in [0.4, 0.5) is 0 Å². The Hall–Kier alpha value is -2.18. The minimum atomic E-state index is -1.13. The van der Waals surface area contributed by atoms with E-state index < -0.39 is 42.4 Å². The lowest BCUT2D eigenvalue weighted by molar-refractivity contribution is -0.0686. The summed E-state index contributed by atoms with van der Waals surface area (Å²) in [5, 5.41) is 19.4. The standard InChI is InChI=1S/C15H18N2O6/c1-3-5-9-7-17(15(21)16-13(9)20)14-12(22-6-4-2)11(19)10(8-18)23-14/h4,7,10-12,14,18-19H,2,6,8H2,1H3,(H,16,20,21)/t10-,11?,12?,14-/m0/s1. The van der Waals surface area contributed by atoms with Crippen LogP contribution in [0.2, 0.25) is 0 Å². The number of rotatable bonds is 5. The highest BCUT2D eigenvalue weighted by Gasteiger charge is 2.45. The van der Waals surface area contributed by atoms with Gasteiger partial charge in [-0.1, -0.05) is 12.0 Å². The lowest BCUT2D eigenvalue weighted by atomic mass is 10.1. The van der Waals surface area contributed by atoms with Gasteiger partial charge in [-0.15, -0.1) is 12.5 Å². The van der Waals surface area contributed by atoms with Crippen LogP contribution < -0.4 is 11.2 Å². The van der Waals surface area contributed by atoms with E-state index in [4.69, 9.17) is 9.47 Å². The Kier molecular flexibility index (Phi) is 5.52. The number of hydrogen-bond acceptors (Lipinski definition) is 6. The van der Waals surface area contributed by atoms with Gasteiger partial charge < -0.3 is 19.7 Å². The van der Waals surface area contributed by atoms with Gasteiger partial charge >= 0.3 is 5.69 Å². The Bertz CT molecular complexity index is 741. The van der Waals surface area contributed by atoms with Crippen LogP contribution in [0.3, 0.4) is 0 Å². The number of nitrogens with one attached hydrogen (secondary N) is 1. The molecule has 1 aromatic heterocycles. The van der Waals surface area contributed by atoms with Crippen molar-refractivity contribution in [3.63, 3.8) is 0 Å². The normalized spacial score (nSPS) is 26.6. The second-order valence-corrected chi connectivity index (χ2v) is 4.91. The molecule has 1 aromatic rings. The Morgan fingerprint density at radius 2 is 2.30 bits per heavy atom. The predicted octanol–water partition coefficient (Wildman–Crippen LogP) is -1.27. The molecule has 2 heterocycles. The Labute approximate surface area is 132 Å². The van der Waals surface area contributed by atoms with Crippen LogP contribution in [0.15, 0.2) is 28.4 Å². The van der Waals surface area contributed by atoms with Crippen LogP contribution in [0.1, 0.15) is 18.7 Å². The molecule has 1 aliphatic rings.